The summed E-state index contributed by atoms with van der Waals surface area (Å²) in [6.45, 7) is 9.38. The minimum absolute atomic E-state index is 0.141. The summed E-state index contributed by atoms with van der Waals surface area (Å²) in [7, 11) is 0. The van der Waals surface area contributed by atoms with Gasteiger partial charge in [0.25, 0.3) is 0 Å². The SMILES string of the molecule is CC(CNC(=O)OC(C)(C)C)NC1CCN(C(N)=O)CC1. The highest BCUT2D eigenvalue weighted by Crippen LogP contribution is 2.10. The van der Waals surface area contributed by atoms with Crippen molar-refractivity contribution in [1.29, 1.82) is 0 Å². The van der Waals surface area contributed by atoms with Gasteiger partial charge in [0.15, 0.2) is 0 Å². The second-order valence-electron chi connectivity index (χ2n) is 6.55. The van der Waals surface area contributed by atoms with E-state index in [0.29, 0.717) is 25.7 Å². The highest BCUT2D eigenvalue weighted by Gasteiger charge is 2.22. The summed E-state index contributed by atoms with van der Waals surface area (Å²) in [5.74, 6) is 0. The van der Waals surface area contributed by atoms with Crippen molar-refractivity contribution >= 4 is 12.1 Å². The number of amides is 3. The minimum Gasteiger partial charge on any atom is -0.444 e. The van der Waals surface area contributed by atoms with Crippen LogP contribution in [0.4, 0.5) is 9.59 Å². The van der Waals surface area contributed by atoms with E-state index < -0.39 is 11.7 Å². The molecule has 0 aromatic heterocycles. The van der Waals surface area contributed by atoms with Crippen LogP contribution in [-0.2, 0) is 4.74 Å². The minimum atomic E-state index is -0.484. The molecule has 1 atom stereocenters. The summed E-state index contributed by atoms with van der Waals surface area (Å²) in [6, 6.07) is 0.131. The van der Waals surface area contributed by atoms with Crippen LogP contribution in [-0.4, -0.2) is 54.3 Å². The molecule has 0 spiro atoms. The number of primary amides is 1. The van der Waals surface area contributed by atoms with Crippen molar-refractivity contribution in [2.45, 2.75) is 58.2 Å². The van der Waals surface area contributed by atoms with Crippen molar-refractivity contribution in [2.75, 3.05) is 19.6 Å². The lowest BCUT2D eigenvalue weighted by Crippen LogP contribution is -2.50. The van der Waals surface area contributed by atoms with Gasteiger partial charge in [-0.05, 0) is 40.5 Å². The summed E-state index contributed by atoms with van der Waals surface area (Å²) >= 11 is 0. The first-order valence-corrected chi connectivity index (χ1v) is 7.44. The molecule has 1 saturated heterocycles. The Morgan fingerprint density at radius 3 is 2.38 bits per heavy atom. The first-order chi connectivity index (χ1) is 9.67. The zero-order chi connectivity index (χ0) is 16.0. The van der Waals surface area contributed by atoms with Crippen LogP contribution in [0.2, 0.25) is 0 Å². The molecule has 1 aliphatic heterocycles. The van der Waals surface area contributed by atoms with Crippen molar-refractivity contribution in [2.24, 2.45) is 5.73 Å². The third-order valence-electron chi connectivity index (χ3n) is 3.28. The molecule has 1 heterocycles. The van der Waals surface area contributed by atoms with Crippen LogP contribution in [0.25, 0.3) is 0 Å². The normalized spacial score (nSPS) is 18.2. The van der Waals surface area contributed by atoms with Gasteiger partial charge in [0.2, 0.25) is 0 Å². The van der Waals surface area contributed by atoms with Crippen LogP contribution in [0, 0.1) is 0 Å². The molecule has 3 amide bonds. The van der Waals surface area contributed by atoms with Gasteiger partial charge >= 0.3 is 12.1 Å². The van der Waals surface area contributed by atoms with Crippen LogP contribution in [0.3, 0.4) is 0 Å². The number of urea groups is 1. The topological polar surface area (TPSA) is 96.7 Å². The van der Waals surface area contributed by atoms with Gasteiger partial charge < -0.3 is 26.0 Å². The number of likely N-dealkylation sites (tertiary alicyclic amines) is 1. The van der Waals surface area contributed by atoms with Crippen LogP contribution in [0.5, 0.6) is 0 Å². The van der Waals surface area contributed by atoms with Crippen LogP contribution in [0.15, 0.2) is 0 Å². The van der Waals surface area contributed by atoms with E-state index >= 15 is 0 Å². The van der Waals surface area contributed by atoms with E-state index in [-0.39, 0.29) is 12.1 Å². The van der Waals surface area contributed by atoms with Crippen molar-refractivity contribution in [3.63, 3.8) is 0 Å². The molecule has 1 fully saturated rings. The number of alkyl carbamates (subject to hydrolysis) is 1. The van der Waals surface area contributed by atoms with Crippen molar-refractivity contribution in [1.82, 2.24) is 15.5 Å². The van der Waals surface area contributed by atoms with E-state index in [2.05, 4.69) is 10.6 Å². The summed E-state index contributed by atoms with van der Waals surface area (Å²) in [5, 5.41) is 6.19. The molecule has 4 N–H and O–H groups in total. The number of carbonyl (C=O) groups is 2. The summed E-state index contributed by atoms with van der Waals surface area (Å²) in [6.07, 6.45) is 1.35. The summed E-state index contributed by atoms with van der Waals surface area (Å²) in [4.78, 5) is 24.2. The Bertz CT molecular complexity index is 360. The highest BCUT2D eigenvalue weighted by atomic mass is 16.6. The molecule has 7 nitrogen and oxygen atoms in total. The molecule has 21 heavy (non-hydrogen) atoms. The van der Waals surface area contributed by atoms with E-state index in [9.17, 15) is 9.59 Å². The van der Waals surface area contributed by atoms with E-state index in [1.54, 1.807) is 4.90 Å². The van der Waals surface area contributed by atoms with E-state index in [4.69, 9.17) is 10.5 Å². The smallest absolute Gasteiger partial charge is 0.407 e. The molecule has 0 saturated carbocycles. The lowest BCUT2D eigenvalue weighted by Gasteiger charge is -2.33. The maximum absolute atomic E-state index is 11.6. The summed E-state index contributed by atoms with van der Waals surface area (Å²) in [5.41, 5.74) is 4.77. The average molecular weight is 300 g/mol. The van der Waals surface area contributed by atoms with Crippen LogP contribution >= 0.6 is 0 Å². The standard InChI is InChI=1S/C14H28N4O3/c1-10(9-16-13(20)21-14(2,3)4)17-11-5-7-18(8-6-11)12(15)19/h10-11,17H,5-9H2,1-4H3,(H2,15,19)(H,16,20). The molecule has 122 valence electrons. The molecular formula is C14H28N4O3. The number of nitrogens with two attached hydrogens (primary N) is 1. The number of nitrogens with one attached hydrogen (secondary N) is 2. The zero-order valence-corrected chi connectivity index (χ0v) is 13.4. The Morgan fingerprint density at radius 1 is 1.33 bits per heavy atom. The number of piperidine rings is 1. The third-order valence-corrected chi connectivity index (χ3v) is 3.28. The number of nitrogens with zero attached hydrogens (tertiary/aromatic N) is 1. The van der Waals surface area contributed by atoms with Crippen molar-refractivity contribution < 1.29 is 14.3 Å². The Hall–Kier alpha value is -1.50. The predicted octanol–water partition coefficient (Wildman–Crippen LogP) is 1.03. The maximum Gasteiger partial charge on any atom is 0.407 e. The van der Waals surface area contributed by atoms with Gasteiger partial charge in [-0.3, -0.25) is 0 Å². The van der Waals surface area contributed by atoms with Crippen LogP contribution in [0.1, 0.15) is 40.5 Å². The van der Waals surface area contributed by atoms with E-state index in [0.717, 1.165) is 12.8 Å². The van der Waals surface area contributed by atoms with Crippen molar-refractivity contribution in [3.05, 3.63) is 0 Å². The number of hydrogen-bond acceptors (Lipinski definition) is 4. The second kappa shape index (κ2) is 7.49. The summed E-state index contributed by atoms with van der Waals surface area (Å²) < 4.78 is 5.18. The van der Waals surface area contributed by atoms with Gasteiger partial charge in [-0.15, -0.1) is 0 Å². The fraction of sp³-hybridized carbons (Fsp3) is 0.857. The first-order valence-electron chi connectivity index (χ1n) is 7.44. The highest BCUT2D eigenvalue weighted by molar-refractivity contribution is 5.72. The fourth-order valence-electron chi connectivity index (χ4n) is 2.28. The monoisotopic (exact) mass is 300 g/mol. The van der Waals surface area contributed by atoms with E-state index in [1.165, 1.54) is 0 Å². The molecule has 0 radical (unpaired) electrons. The Balaban J connectivity index is 2.21. The maximum atomic E-state index is 11.6. The van der Waals surface area contributed by atoms with Gasteiger partial charge in [0.05, 0.1) is 0 Å². The van der Waals surface area contributed by atoms with E-state index in [1.807, 2.05) is 27.7 Å². The number of ether oxygens (including phenoxy) is 1. The molecule has 1 rings (SSSR count). The molecule has 1 unspecified atom stereocenters. The fourth-order valence-corrected chi connectivity index (χ4v) is 2.28. The predicted molar refractivity (Wildman–Crippen MR) is 81.0 cm³/mol. The quantitative estimate of drug-likeness (QED) is 0.722. The molecule has 0 aromatic carbocycles. The average Bonchev–Trinajstić information content (AvgIpc) is 2.35. The number of hydrogen-bond donors (Lipinski definition) is 3. The largest absolute Gasteiger partial charge is 0.444 e. The van der Waals surface area contributed by atoms with Gasteiger partial charge in [-0.2, -0.15) is 0 Å². The Labute approximate surface area is 126 Å². The molecule has 7 heteroatoms. The number of carbonyl (C=O) groups excluding carboxylic acids is 2. The third kappa shape index (κ3) is 7.17. The Morgan fingerprint density at radius 2 is 1.90 bits per heavy atom. The molecule has 0 bridgehead atoms. The lowest BCUT2D eigenvalue weighted by molar-refractivity contribution is 0.0521. The van der Waals surface area contributed by atoms with Gasteiger partial charge in [0, 0.05) is 31.7 Å². The molecular weight excluding hydrogens is 272 g/mol. The van der Waals surface area contributed by atoms with Crippen LogP contribution < -0.4 is 16.4 Å². The van der Waals surface area contributed by atoms with Gasteiger partial charge in [-0.1, -0.05) is 0 Å². The second-order valence-corrected chi connectivity index (χ2v) is 6.55. The van der Waals surface area contributed by atoms with Gasteiger partial charge in [0.1, 0.15) is 5.60 Å². The van der Waals surface area contributed by atoms with Gasteiger partial charge in [-0.25, -0.2) is 9.59 Å². The number of rotatable bonds is 4. The van der Waals surface area contributed by atoms with Crippen molar-refractivity contribution in [3.8, 4) is 0 Å². The molecule has 1 aliphatic rings. The molecule has 0 aliphatic carbocycles. The first kappa shape index (κ1) is 17.6. The Kier molecular flexibility index (Phi) is 6.26. The molecule has 0 aromatic rings. The lowest BCUT2D eigenvalue weighted by atomic mass is 10.0. The zero-order valence-electron chi connectivity index (χ0n) is 13.4.